The quantitative estimate of drug-likeness (QED) is 0.788. The van der Waals surface area contributed by atoms with Gasteiger partial charge in [0.15, 0.2) is 0 Å². The molecule has 0 saturated heterocycles. The standard InChI is InChI=1S/C13H20N2/c1-15-10-13(8-5-9-13)12(14)11-6-3-2-4-7-11/h2-4,6-7,12,15H,5,8-10,14H2,1H3. The smallest absolute Gasteiger partial charge is 0.0364 e. The van der Waals surface area contributed by atoms with Gasteiger partial charge in [-0.05, 0) is 25.5 Å². The first-order valence-corrected chi connectivity index (χ1v) is 5.74. The van der Waals surface area contributed by atoms with Crippen LogP contribution in [0.3, 0.4) is 0 Å². The molecule has 15 heavy (non-hydrogen) atoms. The molecule has 1 aromatic carbocycles. The average molecular weight is 204 g/mol. The summed E-state index contributed by atoms with van der Waals surface area (Å²) >= 11 is 0. The maximum absolute atomic E-state index is 6.38. The van der Waals surface area contributed by atoms with Crippen molar-refractivity contribution >= 4 is 0 Å². The van der Waals surface area contributed by atoms with Crippen molar-refractivity contribution in [2.24, 2.45) is 11.1 Å². The number of hydrogen-bond donors (Lipinski definition) is 2. The lowest BCUT2D eigenvalue weighted by Crippen LogP contribution is -2.46. The van der Waals surface area contributed by atoms with E-state index in [2.05, 4.69) is 29.6 Å². The summed E-state index contributed by atoms with van der Waals surface area (Å²) in [5, 5.41) is 3.28. The van der Waals surface area contributed by atoms with Crippen LogP contribution in [-0.4, -0.2) is 13.6 Å². The molecular formula is C13H20N2. The number of nitrogens with one attached hydrogen (secondary N) is 1. The second kappa shape index (κ2) is 4.33. The molecule has 0 radical (unpaired) electrons. The summed E-state index contributed by atoms with van der Waals surface area (Å²) in [7, 11) is 2.01. The fraction of sp³-hybridized carbons (Fsp3) is 0.538. The van der Waals surface area contributed by atoms with Crippen LogP contribution < -0.4 is 11.1 Å². The predicted molar refractivity (Wildman–Crippen MR) is 63.6 cm³/mol. The van der Waals surface area contributed by atoms with Crippen LogP contribution >= 0.6 is 0 Å². The summed E-state index contributed by atoms with van der Waals surface area (Å²) in [6.07, 6.45) is 3.83. The molecule has 0 heterocycles. The Hall–Kier alpha value is -0.860. The lowest BCUT2D eigenvalue weighted by molar-refractivity contribution is 0.0947. The van der Waals surface area contributed by atoms with Gasteiger partial charge in [0.05, 0.1) is 0 Å². The molecule has 1 unspecified atom stereocenters. The molecule has 0 bridgehead atoms. The summed E-state index contributed by atoms with van der Waals surface area (Å²) in [5.74, 6) is 0. The highest BCUT2D eigenvalue weighted by Crippen LogP contribution is 2.48. The van der Waals surface area contributed by atoms with E-state index < -0.39 is 0 Å². The molecule has 2 rings (SSSR count). The highest BCUT2D eigenvalue weighted by atomic mass is 14.9. The van der Waals surface area contributed by atoms with Crippen molar-refractivity contribution in [1.82, 2.24) is 5.32 Å². The maximum Gasteiger partial charge on any atom is 0.0364 e. The van der Waals surface area contributed by atoms with E-state index in [1.54, 1.807) is 0 Å². The van der Waals surface area contributed by atoms with Crippen molar-refractivity contribution in [3.63, 3.8) is 0 Å². The molecule has 1 aliphatic carbocycles. The Bertz CT molecular complexity index is 304. The Morgan fingerprint density at radius 2 is 2.00 bits per heavy atom. The normalized spacial score (nSPS) is 20.7. The van der Waals surface area contributed by atoms with Gasteiger partial charge in [0, 0.05) is 18.0 Å². The zero-order valence-corrected chi connectivity index (χ0v) is 9.37. The van der Waals surface area contributed by atoms with Crippen LogP contribution in [0.25, 0.3) is 0 Å². The van der Waals surface area contributed by atoms with E-state index in [-0.39, 0.29) is 6.04 Å². The Labute approximate surface area is 91.9 Å². The van der Waals surface area contributed by atoms with Crippen molar-refractivity contribution in [2.75, 3.05) is 13.6 Å². The molecule has 1 saturated carbocycles. The first kappa shape index (κ1) is 10.7. The van der Waals surface area contributed by atoms with E-state index in [1.165, 1.54) is 24.8 Å². The van der Waals surface area contributed by atoms with Gasteiger partial charge in [0.1, 0.15) is 0 Å². The molecule has 1 fully saturated rings. The van der Waals surface area contributed by atoms with E-state index in [1.807, 2.05) is 13.1 Å². The van der Waals surface area contributed by atoms with Gasteiger partial charge in [0.25, 0.3) is 0 Å². The summed E-state index contributed by atoms with van der Waals surface area (Å²) in [6.45, 7) is 1.03. The van der Waals surface area contributed by atoms with Crippen molar-refractivity contribution in [1.29, 1.82) is 0 Å². The van der Waals surface area contributed by atoms with E-state index in [0.717, 1.165) is 6.54 Å². The van der Waals surface area contributed by atoms with Gasteiger partial charge in [0.2, 0.25) is 0 Å². The zero-order chi connectivity index (χ0) is 10.7. The van der Waals surface area contributed by atoms with E-state index in [9.17, 15) is 0 Å². The Balaban J connectivity index is 2.15. The number of benzene rings is 1. The van der Waals surface area contributed by atoms with Crippen LogP contribution in [0.4, 0.5) is 0 Å². The molecule has 0 aromatic heterocycles. The molecule has 2 nitrogen and oxygen atoms in total. The number of nitrogens with two attached hydrogens (primary N) is 1. The van der Waals surface area contributed by atoms with Gasteiger partial charge in [-0.3, -0.25) is 0 Å². The minimum Gasteiger partial charge on any atom is -0.323 e. The third-order valence-electron chi connectivity index (χ3n) is 3.70. The molecule has 2 heteroatoms. The molecule has 1 atom stereocenters. The van der Waals surface area contributed by atoms with Gasteiger partial charge in [-0.2, -0.15) is 0 Å². The van der Waals surface area contributed by atoms with Crippen molar-refractivity contribution in [3.05, 3.63) is 35.9 Å². The van der Waals surface area contributed by atoms with E-state index in [0.29, 0.717) is 5.41 Å². The molecule has 0 amide bonds. The molecule has 82 valence electrons. The van der Waals surface area contributed by atoms with E-state index >= 15 is 0 Å². The van der Waals surface area contributed by atoms with Crippen molar-refractivity contribution in [3.8, 4) is 0 Å². The molecule has 1 aliphatic rings. The summed E-state index contributed by atoms with van der Waals surface area (Å²) < 4.78 is 0. The fourth-order valence-corrected chi connectivity index (χ4v) is 2.59. The van der Waals surface area contributed by atoms with Gasteiger partial charge >= 0.3 is 0 Å². The fourth-order valence-electron chi connectivity index (χ4n) is 2.59. The SMILES string of the molecule is CNCC1(C(N)c2ccccc2)CCC1. The Morgan fingerprint density at radius 1 is 1.33 bits per heavy atom. The molecule has 0 spiro atoms. The van der Waals surface area contributed by atoms with Gasteiger partial charge in [-0.15, -0.1) is 0 Å². The minimum absolute atomic E-state index is 0.180. The van der Waals surface area contributed by atoms with Crippen LogP contribution in [0, 0.1) is 5.41 Å². The van der Waals surface area contributed by atoms with Gasteiger partial charge < -0.3 is 11.1 Å². The van der Waals surface area contributed by atoms with Gasteiger partial charge in [-0.1, -0.05) is 36.8 Å². The van der Waals surface area contributed by atoms with Crippen LogP contribution in [0.1, 0.15) is 30.9 Å². The Kier molecular flexibility index (Phi) is 3.08. The van der Waals surface area contributed by atoms with Crippen LogP contribution in [0.15, 0.2) is 30.3 Å². The van der Waals surface area contributed by atoms with Crippen LogP contribution in [-0.2, 0) is 0 Å². The van der Waals surface area contributed by atoms with Gasteiger partial charge in [-0.25, -0.2) is 0 Å². The summed E-state index contributed by atoms with van der Waals surface area (Å²) in [6, 6.07) is 10.6. The minimum atomic E-state index is 0.180. The lowest BCUT2D eigenvalue weighted by Gasteiger charge is -2.46. The lowest BCUT2D eigenvalue weighted by atomic mass is 9.62. The molecule has 1 aromatic rings. The molecule has 0 aliphatic heterocycles. The topological polar surface area (TPSA) is 38.0 Å². The predicted octanol–water partition coefficient (Wildman–Crippen LogP) is 2.08. The van der Waals surface area contributed by atoms with Crippen molar-refractivity contribution in [2.45, 2.75) is 25.3 Å². The summed E-state index contributed by atoms with van der Waals surface area (Å²) in [5.41, 5.74) is 7.95. The van der Waals surface area contributed by atoms with Crippen molar-refractivity contribution < 1.29 is 0 Å². The van der Waals surface area contributed by atoms with E-state index in [4.69, 9.17) is 5.73 Å². The highest BCUT2D eigenvalue weighted by Gasteiger charge is 2.42. The van der Waals surface area contributed by atoms with Crippen LogP contribution in [0.5, 0.6) is 0 Å². The second-order valence-corrected chi connectivity index (χ2v) is 4.63. The first-order chi connectivity index (χ1) is 7.28. The Morgan fingerprint density at radius 3 is 2.47 bits per heavy atom. The average Bonchev–Trinajstić information content (AvgIpc) is 2.24. The molecular weight excluding hydrogens is 184 g/mol. The zero-order valence-electron chi connectivity index (χ0n) is 9.37. The highest BCUT2D eigenvalue weighted by molar-refractivity contribution is 5.22. The number of hydrogen-bond acceptors (Lipinski definition) is 2. The molecule has 3 N–H and O–H groups in total. The largest absolute Gasteiger partial charge is 0.323 e. The van der Waals surface area contributed by atoms with Crippen LogP contribution in [0.2, 0.25) is 0 Å². The number of rotatable bonds is 4. The third kappa shape index (κ3) is 1.92. The second-order valence-electron chi connectivity index (χ2n) is 4.63. The monoisotopic (exact) mass is 204 g/mol. The first-order valence-electron chi connectivity index (χ1n) is 5.74. The summed E-state index contributed by atoms with van der Waals surface area (Å²) in [4.78, 5) is 0. The maximum atomic E-state index is 6.38. The third-order valence-corrected chi connectivity index (χ3v) is 3.70.